The first-order chi connectivity index (χ1) is 14.5. The minimum absolute atomic E-state index is 0.157. The molecule has 7 nitrogen and oxygen atoms in total. The van der Waals surface area contributed by atoms with E-state index >= 15 is 0 Å². The molecule has 2 heterocycles. The van der Waals surface area contributed by atoms with Gasteiger partial charge in [-0.15, -0.1) is 0 Å². The molecule has 1 aliphatic heterocycles. The number of nitrogens with two attached hydrogens (primary N) is 1. The van der Waals surface area contributed by atoms with Crippen LogP contribution in [0, 0.1) is 0 Å². The molecule has 3 N–H and O–H groups in total. The number of sulfonamides is 1. The number of rotatable bonds is 6. The van der Waals surface area contributed by atoms with Crippen LogP contribution in [0.3, 0.4) is 0 Å². The van der Waals surface area contributed by atoms with Gasteiger partial charge in [0.05, 0.1) is 24.3 Å². The van der Waals surface area contributed by atoms with Crippen LogP contribution in [0.2, 0.25) is 0 Å². The number of nitrogens with one attached hydrogen (secondary N) is 1. The van der Waals surface area contributed by atoms with Crippen molar-refractivity contribution in [2.75, 3.05) is 24.2 Å². The van der Waals surface area contributed by atoms with Crippen molar-refractivity contribution in [1.82, 2.24) is 14.3 Å². The summed E-state index contributed by atoms with van der Waals surface area (Å²) < 4.78 is 27.2. The lowest BCUT2D eigenvalue weighted by Gasteiger charge is -2.35. The molecule has 0 amide bonds. The van der Waals surface area contributed by atoms with E-state index in [0.29, 0.717) is 26.1 Å². The highest BCUT2D eigenvalue weighted by atomic mass is 32.2. The number of H-pyrrole nitrogens is 1. The predicted octanol–water partition coefficient (Wildman–Crippen LogP) is 2.30. The first-order valence-electron chi connectivity index (χ1n) is 10.0. The van der Waals surface area contributed by atoms with Crippen molar-refractivity contribution < 1.29 is 8.42 Å². The Hall–Kier alpha value is -2.68. The molecule has 0 aliphatic carbocycles. The van der Waals surface area contributed by atoms with E-state index in [2.05, 4.69) is 14.9 Å². The van der Waals surface area contributed by atoms with Crippen LogP contribution in [-0.2, 0) is 23.0 Å². The molecule has 0 saturated heterocycles. The number of aromatic amines is 1. The second-order valence-electron chi connectivity index (χ2n) is 7.68. The third-order valence-electron chi connectivity index (χ3n) is 5.64. The van der Waals surface area contributed by atoms with Crippen molar-refractivity contribution in [1.29, 1.82) is 0 Å². The molecule has 0 spiro atoms. The molecule has 1 aromatic heterocycles. The van der Waals surface area contributed by atoms with Gasteiger partial charge < -0.3 is 15.6 Å². The largest absolute Gasteiger partial charge is 0.360 e. The van der Waals surface area contributed by atoms with Crippen LogP contribution in [0.1, 0.15) is 22.9 Å². The third kappa shape index (κ3) is 4.26. The second kappa shape index (κ2) is 8.59. The molecule has 1 aliphatic rings. The van der Waals surface area contributed by atoms with Gasteiger partial charge in [-0.25, -0.2) is 13.4 Å². The Morgan fingerprint density at radius 3 is 2.57 bits per heavy atom. The van der Waals surface area contributed by atoms with Gasteiger partial charge in [-0.05, 0) is 23.6 Å². The van der Waals surface area contributed by atoms with Gasteiger partial charge >= 0.3 is 0 Å². The van der Waals surface area contributed by atoms with Gasteiger partial charge in [-0.2, -0.15) is 4.31 Å². The maximum Gasteiger partial charge on any atom is 0.211 e. The smallest absolute Gasteiger partial charge is 0.211 e. The molecule has 8 heteroatoms. The Kier molecular flexibility index (Phi) is 5.90. The third-order valence-corrected chi connectivity index (χ3v) is 6.92. The van der Waals surface area contributed by atoms with E-state index in [-0.39, 0.29) is 12.1 Å². The van der Waals surface area contributed by atoms with E-state index in [9.17, 15) is 8.42 Å². The number of fused-ring (bicyclic) bond motifs is 1. The molecule has 158 valence electrons. The summed E-state index contributed by atoms with van der Waals surface area (Å²) >= 11 is 0. The van der Waals surface area contributed by atoms with Crippen molar-refractivity contribution in [3.05, 3.63) is 83.9 Å². The lowest BCUT2D eigenvalue weighted by molar-refractivity contribution is 0.316. The summed E-state index contributed by atoms with van der Waals surface area (Å²) in [7, 11) is -3.42. The number of hydrogen-bond acceptors (Lipinski definition) is 5. The maximum atomic E-state index is 12.8. The zero-order valence-electron chi connectivity index (χ0n) is 17.0. The van der Waals surface area contributed by atoms with Crippen molar-refractivity contribution in [3.63, 3.8) is 0 Å². The summed E-state index contributed by atoms with van der Waals surface area (Å²) in [4.78, 5) is 9.65. The van der Waals surface area contributed by atoms with Gasteiger partial charge in [0.25, 0.3) is 0 Å². The van der Waals surface area contributed by atoms with Crippen LogP contribution in [0.25, 0.3) is 0 Å². The van der Waals surface area contributed by atoms with E-state index in [1.807, 2.05) is 60.8 Å². The fourth-order valence-electron chi connectivity index (χ4n) is 4.24. The summed E-state index contributed by atoms with van der Waals surface area (Å²) in [6, 6.07) is 17.6. The van der Waals surface area contributed by atoms with Crippen LogP contribution in [0.4, 0.5) is 5.69 Å². The summed E-state index contributed by atoms with van der Waals surface area (Å²) in [5.41, 5.74) is 10.1. The average molecular weight is 426 g/mol. The minimum atomic E-state index is -3.42. The minimum Gasteiger partial charge on any atom is -0.360 e. The number of imidazole rings is 1. The Balaban J connectivity index is 1.79. The van der Waals surface area contributed by atoms with E-state index in [1.165, 1.54) is 6.26 Å². The highest BCUT2D eigenvalue weighted by molar-refractivity contribution is 7.88. The van der Waals surface area contributed by atoms with Crippen LogP contribution in [0.5, 0.6) is 0 Å². The van der Waals surface area contributed by atoms with E-state index in [0.717, 1.165) is 22.5 Å². The SMILES string of the molecule is CS(=O)(=O)N1Cc2ccccc2N(C(CN)c2c[nH]cn2)C[C@H]1Cc1ccccc1. The fraction of sp³-hybridized carbons (Fsp3) is 0.318. The highest BCUT2D eigenvalue weighted by Crippen LogP contribution is 2.34. The van der Waals surface area contributed by atoms with Crippen molar-refractivity contribution in [2.45, 2.75) is 25.0 Å². The Labute approximate surface area is 177 Å². The summed E-state index contributed by atoms with van der Waals surface area (Å²) in [6.45, 7) is 1.23. The van der Waals surface area contributed by atoms with Crippen molar-refractivity contribution in [3.8, 4) is 0 Å². The molecule has 0 radical (unpaired) electrons. The number of nitrogens with zero attached hydrogens (tertiary/aromatic N) is 3. The molecule has 0 fully saturated rings. The maximum absolute atomic E-state index is 12.8. The Morgan fingerprint density at radius 1 is 1.17 bits per heavy atom. The van der Waals surface area contributed by atoms with E-state index in [1.54, 1.807) is 10.6 Å². The van der Waals surface area contributed by atoms with Crippen LogP contribution < -0.4 is 10.6 Å². The fourth-order valence-corrected chi connectivity index (χ4v) is 5.29. The van der Waals surface area contributed by atoms with Gasteiger partial charge in [0, 0.05) is 37.6 Å². The van der Waals surface area contributed by atoms with E-state index in [4.69, 9.17) is 5.73 Å². The van der Waals surface area contributed by atoms with Crippen molar-refractivity contribution >= 4 is 15.7 Å². The molecule has 1 unspecified atom stereocenters. The van der Waals surface area contributed by atoms with Gasteiger partial charge in [-0.3, -0.25) is 0 Å². The summed E-state index contributed by atoms with van der Waals surface area (Å²) in [6.07, 6.45) is 5.41. The Morgan fingerprint density at radius 2 is 1.90 bits per heavy atom. The van der Waals surface area contributed by atoms with Gasteiger partial charge in [0.15, 0.2) is 0 Å². The Bertz CT molecular complexity index is 1070. The zero-order chi connectivity index (χ0) is 21.1. The molecule has 0 bridgehead atoms. The number of hydrogen-bond donors (Lipinski definition) is 2. The standard InChI is InChI=1S/C22H27N5O2S/c1-30(28,29)27-14-18-9-5-6-10-21(18)26(22(12-23)20-13-24-16-25-20)15-19(27)11-17-7-3-2-4-8-17/h2-10,13,16,19,22H,11-12,14-15,23H2,1H3,(H,24,25)/t19-,22?/m1/s1. The molecule has 3 aromatic rings. The zero-order valence-corrected chi connectivity index (χ0v) is 17.8. The lowest BCUT2D eigenvalue weighted by Crippen LogP contribution is -2.47. The summed E-state index contributed by atoms with van der Waals surface area (Å²) in [5, 5.41) is 0. The molecule has 30 heavy (non-hydrogen) atoms. The molecule has 2 atom stereocenters. The van der Waals surface area contributed by atoms with Crippen molar-refractivity contribution in [2.24, 2.45) is 5.73 Å². The lowest BCUT2D eigenvalue weighted by atomic mass is 10.0. The van der Waals surface area contributed by atoms with Gasteiger partial charge in [0.1, 0.15) is 0 Å². The number of para-hydroxylation sites is 1. The normalized spacial score (nSPS) is 18.6. The van der Waals surface area contributed by atoms with Crippen LogP contribution >= 0.6 is 0 Å². The number of aromatic nitrogens is 2. The molecule has 0 saturated carbocycles. The monoisotopic (exact) mass is 425 g/mol. The van der Waals surface area contributed by atoms with Gasteiger partial charge in [0.2, 0.25) is 10.0 Å². The second-order valence-corrected chi connectivity index (χ2v) is 9.61. The van der Waals surface area contributed by atoms with Crippen LogP contribution in [0.15, 0.2) is 67.1 Å². The number of anilines is 1. The molecule has 4 rings (SSSR count). The average Bonchev–Trinajstić information content (AvgIpc) is 3.20. The predicted molar refractivity (Wildman–Crippen MR) is 118 cm³/mol. The van der Waals surface area contributed by atoms with Gasteiger partial charge in [-0.1, -0.05) is 48.5 Å². The summed E-state index contributed by atoms with van der Waals surface area (Å²) in [5.74, 6) is 0. The highest BCUT2D eigenvalue weighted by Gasteiger charge is 2.36. The van der Waals surface area contributed by atoms with Crippen LogP contribution in [-0.4, -0.2) is 48.1 Å². The number of benzene rings is 2. The first kappa shape index (κ1) is 20.6. The molecular formula is C22H27N5O2S. The molecule has 2 aromatic carbocycles. The first-order valence-corrected chi connectivity index (χ1v) is 11.9. The topological polar surface area (TPSA) is 95.3 Å². The quantitative estimate of drug-likeness (QED) is 0.632. The molecular weight excluding hydrogens is 398 g/mol. The van der Waals surface area contributed by atoms with E-state index < -0.39 is 10.0 Å².